The monoisotopic (exact) mass is 260 g/mol. The van der Waals surface area contributed by atoms with Crippen LogP contribution in [-0.2, 0) is 6.54 Å². The van der Waals surface area contributed by atoms with Gasteiger partial charge in [-0.05, 0) is 58.7 Å². The molecule has 2 heteroatoms. The number of benzene rings is 1. The molecule has 1 aromatic rings. The topological polar surface area (TPSA) is 15.3 Å². The number of nitrogens with zero attached hydrogens (tertiary/aromatic N) is 1. The smallest absolute Gasteiger partial charge is 0.0205 e. The summed E-state index contributed by atoms with van der Waals surface area (Å²) in [7, 11) is 0. The molecule has 0 aromatic heterocycles. The van der Waals surface area contributed by atoms with Crippen molar-refractivity contribution in [2.75, 3.05) is 19.6 Å². The summed E-state index contributed by atoms with van der Waals surface area (Å²) < 4.78 is 0. The largest absolute Gasteiger partial charge is 0.312 e. The zero-order valence-corrected chi connectivity index (χ0v) is 12.9. The predicted molar refractivity (Wildman–Crippen MR) is 82.4 cm³/mol. The summed E-state index contributed by atoms with van der Waals surface area (Å²) >= 11 is 0. The Hall–Kier alpha value is -0.860. The van der Waals surface area contributed by atoms with Crippen LogP contribution in [0.5, 0.6) is 0 Å². The quantitative estimate of drug-likeness (QED) is 0.875. The van der Waals surface area contributed by atoms with E-state index in [1.165, 1.54) is 36.2 Å². The Morgan fingerprint density at radius 2 is 1.89 bits per heavy atom. The van der Waals surface area contributed by atoms with E-state index < -0.39 is 0 Å². The van der Waals surface area contributed by atoms with Gasteiger partial charge in [0.05, 0.1) is 0 Å². The molecule has 106 valence electrons. The zero-order chi connectivity index (χ0) is 13.8. The van der Waals surface area contributed by atoms with Crippen molar-refractivity contribution in [2.24, 2.45) is 5.92 Å². The highest BCUT2D eigenvalue weighted by Gasteiger charge is 2.23. The third kappa shape index (κ3) is 4.32. The predicted octanol–water partition coefficient (Wildman–Crippen LogP) is 3.12. The fraction of sp³-hybridized carbons (Fsp3) is 0.647. The van der Waals surface area contributed by atoms with Crippen molar-refractivity contribution in [1.82, 2.24) is 10.2 Å². The highest BCUT2D eigenvalue weighted by molar-refractivity contribution is 5.28. The van der Waals surface area contributed by atoms with E-state index in [0.29, 0.717) is 6.04 Å². The van der Waals surface area contributed by atoms with Crippen LogP contribution in [0.1, 0.15) is 37.0 Å². The van der Waals surface area contributed by atoms with Crippen LogP contribution in [0.15, 0.2) is 18.2 Å². The molecule has 1 aliphatic rings. The van der Waals surface area contributed by atoms with E-state index in [2.05, 4.69) is 56.1 Å². The number of nitrogens with one attached hydrogen (secondary N) is 1. The van der Waals surface area contributed by atoms with Gasteiger partial charge in [0.15, 0.2) is 0 Å². The number of hydrogen-bond acceptors (Lipinski definition) is 2. The van der Waals surface area contributed by atoms with Gasteiger partial charge in [-0.1, -0.05) is 29.3 Å². The van der Waals surface area contributed by atoms with Crippen molar-refractivity contribution in [3.8, 4) is 0 Å². The molecular weight excluding hydrogens is 232 g/mol. The average Bonchev–Trinajstić information content (AvgIpc) is 2.76. The SMILES string of the molecule is Cc1cc(C)cc(CNCC2CCN(C(C)C)C2)c1. The lowest BCUT2D eigenvalue weighted by atomic mass is 10.1. The summed E-state index contributed by atoms with van der Waals surface area (Å²) in [5.74, 6) is 0.827. The van der Waals surface area contributed by atoms with Crippen LogP contribution < -0.4 is 5.32 Å². The third-order valence-electron chi connectivity index (χ3n) is 4.09. The standard InChI is InChI=1S/C17H28N2/c1-13(2)19-6-5-16(12-19)10-18-11-17-8-14(3)7-15(4)9-17/h7-9,13,16,18H,5-6,10-12H2,1-4H3. The van der Waals surface area contributed by atoms with Crippen molar-refractivity contribution >= 4 is 0 Å². The molecule has 2 rings (SSSR count). The molecular formula is C17H28N2. The first-order valence-corrected chi connectivity index (χ1v) is 7.56. The molecule has 1 fully saturated rings. The molecule has 1 saturated heterocycles. The summed E-state index contributed by atoms with van der Waals surface area (Å²) in [5, 5.41) is 3.63. The normalized spacial score (nSPS) is 20.4. The van der Waals surface area contributed by atoms with E-state index in [-0.39, 0.29) is 0 Å². The molecule has 2 nitrogen and oxygen atoms in total. The summed E-state index contributed by atoms with van der Waals surface area (Å²) in [6.07, 6.45) is 1.35. The number of likely N-dealkylation sites (tertiary alicyclic amines) is 1. The van der Waals surface area contributed by atoms with Crippen LogP contribution in [0.4, 0.5) is 0 Å². The first kappa shape index (κ1) is 14.5. The summed E-state index contributed by atoms with van der Waals surface area (Å²) in [6, 6.07) is 7.51. The lowest BCUT2D eigenvalue weighted by Crippen LogP contribution is -2.30. The maximum absolute atomic E-state index is 3.63. The molecule has 0 aliphatic carbocycles. The van der Waals surface area contributed by atoms with Crippen LogP contribution in [0, 0.1) is 19.8 Å². The van der Waals surface area contributed by atoms with Gasteiger partial charge in [-0.3, -0.25) is 0 Å². The zero-order valence-electron chi connectivity index (χ0n) is 12.9. The average molecular weight is 260 g/mol. The Labute approximate surface area is 118 Å². The van der Waals surface area contributed by atoms with Crippen molar-refractivity contribution in [3.63, 3.8) is 0 Å². The van der Waals surface area contributed by atoms with Gasteiger partial charge in [-0.2, -0.15) is 0 Å². The van der Waals surface area contributed by atoms with E-state index in [9.17, 15) is 0 Å². The molecule has 1 atom stereocenters. The van der Waals surface area contributed by atoms with E-state index in [0.717, 1.165) is 19.0 Å². The maximum Gasteiger partial charge on any atom is 0.0205 e. The Balaban J connectivity index is 1.75. The van der Waals surface area contributed by atoms with Gasteiger partial charge in [-0.25, -0.2) is 0 Å². The van der Waals surface area contributed by atoms with Gasteiger partial charge in [0.2, 0.25) is 0 Å². The van der Waals surface area contributed by atoms with Crippen LogP contribution in [0.3, 0.4) is 0 Å². The van der Waals surface area contributed by atoms with E-state index >= 15 is 0 Å². The highest BCUT2D eigenvalue weighted by Crippen LogP contribution is 2.17. The van der Waals surface area contributed by atoms with Crippen molar-refractivity contribution in [1.29, 1.82) is 0 Å². The molecule has 1 aromatic carbocycles. The lowest BCUT2D eigenvalue weighted by molar-refractivity contribution is 0.264. The molecule has 0 bridgehead atoms. The first-order valence-electron chi connectivity index (χ1n) is 7.56. The molecule has 1 N–H and O–H groups in total. The summed E-state index contributed by atoms with van der Waals surface area (Å²) in [6.45, 7) is 13.6. The highest BCUT2D eigenvalue weighted by atomic mass is 15.2. The van der Waals surface area contributed by atoms with Crippen LogP contribution in [0.25, 0.3) is 0 Å². The van der Waals surface area contributed by atoms with Crippen LogP contribution in [0.2, 0.25) is 0 Å². The minimum absolute atomic E-state index is 0.699. The van der Waals surface area contributed by atoms with E-state index in [1.807, 2.05) is 0 Å². The van der Waals surface area contributed by atoms with Crippen molar-refractivity contribution in [2.45, 2.75) is 46.7 Å². The lowest BCUT2D eigenvalue weighted by Gasteiger charge is -2.20. The van der Waals surface area contributed by atoms with Crippen molar-refractivity contribution < 1.29 is 0 Å². The van der Waals surface area contributed by atoms with Gasteiger partial charge >= 0.3 is 0 Å². The second-order valence-electron chi connectivity index (χ2n) is 6.37. The van der Waals surface area contributed by atoms with Gasteiger partial charge in [0.25, 0.3) is 0 Å². The summed E-state index contributed by atoms with van der Waals surface area (Å²) in [4.78, 5) is 2.59. The van der Waals surface area contributed by atoms with Gasteiger partial charge in [0.1, 0.15) is 0 Å². The second-order valence-corrected chi connectivity index (χ2v) is 6.37. The van der Waals surface area contributed by atoms with Crippen molar-refractivity contribution in [3.05, 3.63) is 34.9 Å². The number of rotatable bonds is 5. The Morgan fingerprint density at radius 3 is 2.47 bits per heavy atom. The minimum atomic E-state index is 0.699. The third-order valence-corrected chi connectivity index (χ3v) is 4.09. The first-order chi connectivity index (χ1) is 9.04. The van der Waals surface area contributed by atoms with Gasteiger partial charge < -0.3 is 10.2 Å². The Kier molecular flexibility index (Phi) is 5.00. The Bertz CT molecular complexity index is 391. The Morgan fingerprint density at radius 1 is 1.21 bits per heavy atom. The molecule has 19 heavy (non-hydrogen) atoms. The fourth-order valence-corrected chi connectivity index (χ4v) is 3.09. The van der Waals surface area contributed by atoms with Crippen LogP contribution >= 0.6 is 0 Å². The second kappa shape index (κ2) is 6.53. The van der Waals surface area contributed by atoms with E-state index in [4.69, 9.17) is 0 Å². The molecule has 1 unspecified atom stereocenters. The molecule has 0 radical (unpaired) electrons. The van der Waals surface area contributed by atoms with Gasteiger partial charge in [0, 0.05) is 19.1 Å². The number of hydrogen-bond donors (Lipinski definition) is 1. The molecule has 1 aliphatic heterocycles. The molecule has 0 amide bonds. The number of aryl methyl sites for hydroxylation is 2. The maximum atomic E-state index is 3.63. The minimum Gasteiger partial charge on any atom is -0.312 e. The fourth-order valence-electron chi connectivity index (χ4n) is 3.09. The van der Waals surface area contributed by atoms with E-state index in [1.54, 1.807) is 0 Å². The molecule has 0 saturated carbocycles. The molecule has 0 spiro atoms. The van der Waals surface area contributed by atoms with Crippen LogP contribution in [-0.4, -0.2) is 30.6 Å². The molecule has 1 heterocycles. The van der Waals surface area contributed by atoms with Gasteiger partial charge in [-0.15, -0.1) is 0 Å². The summed E-state index contributed by atoms with van der Waals surface area (Å²) in [5.41, 5.74) is 4.14.